The summed E-state index contributed by atoms with van der Waals surface area (Å²) < 4.78 is 10.7. The third-order valence-electron chi connectivity index (χ3n) is 3.68. The molecule has 1 aromatic carbocycles. The number of rotatable bonds is 4. The van der Waals surface area contributed by atoms with Gasteiger partial charge in [0.1, 0.15) is 0 Å². The summed E-state index contributed by atoms with van der Waals surface area (Å²) in [5.74, 6) is 1.91. The van der Waals surface area contributed by atoms with Crippen LogP contribution in [0, 0.1) is 12.8 Å². The lowest BCUT2D eigenvalue weighted by Crippen LogP contribution is -2.51. The minimum absolute atomic E-state index is 0.150. The van der Waals surface area contributed by atoms with Crippen LogP contribution in [0.3, 0.4) is 0 Å². The highest BCUT2D eigenvalue weighted by Gasteiger charge is 2.24. The van der Waals surface area contributed by atoms with E-state index in [1.54, 1.807) is 0 Å². The van der Waals surface area contributed by atoms with Crippen molar-refractivity contribution in [3.8, 4) is 11.5 Å². The van der Waals surface area contributed by atoms with Crippen molar-refractivity contribution in [2.24, 2.45) is 5.92 Å². The fourth-order valence-corrected chi connectivity index (χ4v) is 2.29. The molecule has 0 radical (unpaired) electrons. The van der Waals surface area contributed by atoms with Crippen LogP contribution in [0.25, 0.3) is 0 Å². The van der Waals surface area contributed by atoms with Crippen LogP contribution in [0.15, 0.2) is 12.1 Å². The largest absolute Gasteiger partial charge is 0.454 e. The van der Waals surface area contributed by atoms with Gasteiger partial charge in [-0.2, -0.15) is 0 Å². The lowest BCUT2D eigenvalue weighted by molar-refractivity contribution is -0.126. The first-order valence-electron chi connectivity index (χ1n) is 6.61. The topological polar surface area (TPSA) is 59.6 Å². The number of carbonyl (C=O) groups is 1. The number of ether oxygens (including phenoxy) is 2. The molecule has 2 aliphatic heterocycles. The molecule has 19 heavy (non-hydrogen) atoms. The van der Waals surface area contributed by atoms with Crippen LogP contribution < -0.4 is 20.1 Å². The molecule has 5 nitrogen and oxygen atoms in total. The van der Waals surface area contributed by atoms with Crippen LogP contribution in [0.2, 0.25) is 0 Å². The van der Waals surface area contributed by atoms with Gasteiger partial charge in [0.05, 0.1) is 5.92 Å². The smallest absolute Gasteiger partial charge is 0.231 e. The Bertz CT molecular complexity index is 498. The monoisotopic (exact) mass is 262 g/mol. The summed E-state index contributed by atoms with van der Waals surface area (Å²) in [7, 11) is 0. The lowest BCUT2D eigenvalue weighted by Gasteiger charge is -2.25. The molecular weight excluding hydrogens is 244 g/mol. The molecule has 102 valence electrons. The lowest BCUT2D eigenvalue weighted by atomic mass is 10.0. The predicted molar refractivity (Wildman–Crippen MR) is 70.4 cm³/mol. The van der Waals surface area contributed by atoms with Gasteiger partial charge in [-0.05, 0) is 36.6 Å². The Morgan fingerprint density at radius 1 is 1.37 bits per heavy atom. The quantitative estimate of drug-likeness (QED) is 0.834. The Hall–Kier alpha value is -1.75. The Kier molecular flexibility index (Phi) is 3.29. The van der Waals surface area contributed by atoms with E-state index in [2.05, 4.69) is 17.6 Å². The Morgan fingerprint density at radius 2 is 2.11 bits per heavy atom. The first kappa shape index (κ1) is 12.3. The molecule has 5 heteroatoms. The van der Waals surface area contributed by atoms with Gasteiger partial charge in [0, 0.05) is 19.6 Å². The van der Waals surface area contributed by atoms with Gasteiger partial charge in [0.15, 0.2) is 11.5 Å². The van der Waals surface area contributed by atoms with E-state index in [1.807, 2.05) is 12.1 Å². The number of hydrogen-bond acceptors (Lipinski definition) is 4. The van der Waals surface area contributed by atoms with E-state index in [0.29, 0.717) is 13.3 Å². The van der Waals surface area contributed by atoms with Gasteiger partial charge in [0.2, 0.25) is 12.7 Å². The molecule has 0 aliphatic carbocycles. The van der Waals surface area contributed by atoms with E-state index >= 15 is 0 Å². The molecule has 1 amide bonds. The average molecular weight is 262 g/mol. The molecule has 1 aromatic rings. The van der Waals surface area contributed by atoms with E-state index in [-0.39, 0.29) is 11.8 Å². The summed E-state index contributed by atoms with van der Waals surface area (Å²) in [5, 5.41) is 6.07. The van der Waals surface area contributed by atoms with Gasteiger partial charge in [0.25, 0.3) is 0 Å². The first-order valence-corrected chi connectivity index (χ1v) is 6.61. The standard InChI is InChI=1S/C14H18N2O3/c1-9-4-12-13(19-8-18-12)5-10(9)2-3-16-14(17)11-6-15-7-11/h4-5,11,15H,2-3,6-8H2,1H3,(H,16,17). The predicted octanol–water partition coefficient (Wildman–Crippen LogP) is 0.602. The molecule has 0 aromatic heterocycles. The Morgan fingerprint density at radius 3 is 2.79 bits per heavy atom. The third kappa shape index (κ3) is 2.51. The SMILES string of the molecule is Cc1cc2c(cc1CCNC(=O)C1CNC1)OCO2. The van der Waals surface area contributed by atoms with Gasteiger partial charge in [-0.1, -0.05) is 0 Å². The summed E-state index contributed by atoms with van der Waals surface area (Å²) >= 11 is 0. The average Bonchev–Trinajstić information content (AvgIpc) is 2.73. The van der Waals surface area contributed by atoms with E-state index in [0.717, 1.165) is 31.0 Å². The van der Waals surface area contributed by atoms with Crippen LogP contribution in [0.4, 0.5) is 0 Å². The molecule has 0 bridgehead atoms. The normalized spacial score (nSPS) is 17.1. The molecule has 0 saturated carbocycles. The molecule has 3 rings (SSSR count). The number of aryl methyl sites for hydroxylation is 1. The number of amides is 1. The second-order valence-electron chi connectivity index (χ2n) is 5.03. The van der Waals surface area contributed by atoms with Crippen molar-refractivity contribution >= 4 is 5.91 Å². The molecule has 2 aliphatic rings. The number of benzene rings is 1. The fourth-order valence-electron chi connectivity index (χ4n) is 2.29. The van der Waals surface area contributed by atoms with Crippen LogP contribution >= 0.6 is 0 Å². The summed E-state index contributed by atoms with van der Waals surface area (Å²) in [4.78, 5) is 11.7. The minimum atomic E-state index is 0.150. The van der Waals surface area contributed by atoms with Gasteiger partial charge in [-0.3, -0.25) is 4.79 Å². The number of hydrogen-bond donors (Lipinski definition) is 2. The maximum atomic E-state index is 11.7. The molecule has 2 heterocycles. The first-order chi connectivity index (χ1) is 9.24. The molecule has 0 unspecified atom stereocenters. The fraction of sp³-hybridized carbons (Fsp3) is 0.500. The zero-order valence-electron chi connectivity index (χ0n) is 11.0. The van der Waals surface area contributed by atoms with Crippen molar-refractivity contribution < 1.29 is 14.3 Å². The van der Waals surface area contributed by atoms with Crippen molar-refractivity contribution in [3.63, 3.8) is 0 Å². The van der Waals surface area contributed by atoms with Crippen LogP contribution in [0.1, 0.15) is 11.1 Å². The number of fused-ring (bicyclic) bond motifs is 1. The highest BCUT2D eigenvalue weighted by Crippen LogP contribution is 2.34. The van der Waals surface area contributed by atoms with E-state index in [9.17, 15) is 4.79 Å². The van der Waals surface area contributed by atoms with Gasteiger partial charge in [-0.25, -0.2) is 0 Å². The van der Waals surface area contributed by atoms with Crippen LogP contribution in [0.5, 0.6) is 11.5 Å². The third-order valence-corrected chi connectivity index (χ3v) is 3.68. The van der Waals surface area contributed by atoms with Crippen molar-refractivity contribution in [1.29, 1.82) is 0 Å². The summed E-state index contributed by atoms with van der Waals surface area (Å²) in [6.07, 6.45) is 0.814. The summed E-state index contributed by atoms with van der Waals surface area (Å²) in [6, 6.07) is 4.00. The highest BCUT2D eigenvalue weighted by molar-refractivity contribution is 5.80. The van der Waals surface area contributed by atoms with Crippen molar-refractivity contribution in [2.45, 2.75) is 13.3 Å². The van der Waals surface area contributed by atoms with E-state index in [4.69, 9.17) is 9.47 Å². The second kappa shape index (κ2) is 5.09. The van der Waals surface area contributed by atoms with Crippen LogP contribution in [-0.4, -0.2) is 32.3 Å². The van der Waals surface area contributed by atoms with E-state index < -0.39 is 0 Å². The molecule has 0 spiro atoms. The van der Waals surface area contributed by atoms with Crippen LogP contribution in [-0.2, 0) is 11.2 Å². The maximum Gasteiger partial charge on any atom is 0.231 e. The molecule has 1 fully saturated rings. The zero-order chi connectivity index (χ0) is 13.2. The minimum Gasteiger partial charge on any atom is -0.454 e. The summed E-state index contributed by atoms with van der Waals surface area (Å²) in [6.45, 7) is 4.61. The van der Waals surface area contributed by atoms with Crippen molar-refractivity contribution in [2.75, 3.05) is 26.4 Å². The van der Waals surface area contributed by atoms with Crippen molar-refractivity contribution in [1.82, 2.24) is 10.6 Å². The molecule has 1 saturated heterocycles. The molecule has 2 N–H and O–H groups in total. The van der Waals surface area contributed by atoms with E-state index in [1.165, 1.54) is 11.1 Å². The molecular formula is C14H18N2O3. The summed E-state index contributed by atoms with van der Waals surface area (Å²) in [5.41, 5.74) is 2.36. The molecule has 0 atom stereocenters. The highest BCUT2D eigenvalue weighted by atomic mass is 16.7. The Balaban J connectivity index is 1.56. The number of carbonyl (C=O) groups excluding carboxylic acids is 1. The van der Waals surface area contributed by atoms with Crippen molar-refractivity contribution in [3.05, 3.63) is 23.3 Å². The second-order valence-corrected chi connectivity index (χ2v) is 5.03. The number of nitrogens with one attached hydrogen (secondary N) is 2. The van der Waals surface area contributed by atoms with Gasteiger partial charge in [-0.15, -0.1) is 0 Å². The van der Waals surface area contributed by atoms with Gasteiger partial charge >= 0.3 is 0 Å². The zero-order valence-corrected chi connectivity index (χ0v) is 11.0. The Labute approximate surface area is 112 Å². The van der Waals surface area contributed by atoms with Gasteiger partial charge < -0.3 is 20.1 Å². The maximum absolute atomic E-state index is 11.7.